The highest BCUT2D eigenvalue weighted by Gasteiger charge is 2.44. The maximum atomic E-state index is 13.2. The maximum absolute atomic E-state index is 13.2. The number of halogens is 3. The number of sulfonamides is 1. The molecule has 0 saturated carbocycles. The molecule has 1 aromatic heterocycles. The third-order valence-electron chi connectivity index (χ3n) is 5.50. The maximum Gasteiger partial charge on any atom is 0.471 e. The van der Waals surface area contributed by atoms with Gasteiger partial charge in [0.1, 0.15) is 28.8 Å². The number of alkyl halides is 3. The van der Waals surface area contributed by atoms with Gasteiger partial charge in [-0.15, -0.1) is 0 Å². The molecule has 2 heterocycles. The van der Waals surface area contributed by atoms with Gasteiger partial charge in [-0.2, -0.15) is 13.2 Å². The molecule has 0 bridgehead atoms. The van der Waals surface area contributed by atoms with Crippen LogP contribution in [0, 0.1) is 0 Å². The average molecular weight is 495 g/mol. The molecule has 0 saturated heterocycles. The molecule has 1 aliphatic rings. The first-order valence-corrected chi connectivity index (χ1v) is 11.5. The number of pyridine rings is 1. The molecule has 4 rings (SSSR count). The summed E-state index contributed by atoms with van der Waals surface area (Å²) in [5, 5.41) is 0.833. The van der Waals surface area contributed by atoms with E-state index in [0.717, 1.165) is 12.4 Å². The number of rotatable bonds is 5. The van der Waals surface area contributed by atoms with Crippen molar-refractivity contribution >= 4 is 32.7 Å². The van der Waals surface area contributed by atoms with Gasteiger partial charge in [0.25, 0.3) is 10.0 Å². The first-order chi connectivity index (χ1) is 16.0. The normalized spacial score (nSPS) is 15.9. The Bertz CT molecular complexity index is 1360. The average Bonchev–Trinajstić information content (AvgIpc) is 2.81. The van der Waals surface area contributed by atoms with Gasteiger partial charge in [0.05, 0.1) is 18.7 Å². The van der Waals surface area contributed by atoms with Gasteiger partial charge < -0.3 is 14.4 Å². The van der Waals surface area contributed by atoms with Crippen molar-refractivity contribution in [2.24, 2.45) is 0 Å². The minimum absolute atomic E-state index is 0.0447. The Morgan fingerprint density at radius 2 is 1.91 bits per heavy atom. The highest BCUT2D eigenvalue weighted by molar-refractivity contribution is 7.92. The van der Waals surface area contributed by atoms with E-state index in [1.807, 2.05) is 12.1 Å². The molecule has 8 nitrogen and oxygen atoms in total. The standard InChI is InChI=1S/C22H20F3N3O5S/c1-28(21(29)22(23,24)25)14-11-15-17(32-2)8-9-18(20(15)33-12-14)34(30,31)27-19-10-7-13-5-3-4-6-16(13)26-19/h3-10,14H,11-12H2,1-2H3,(H,26,27)/t14-/m1/s1. The van der Waals surface area contributed by atoms with Crippen molar-refractivity contribution in [3.63, 3.8) is 0 Å². The molecule has 3 aromatic rings. The zero-order chi connectivity index (χ0) is 24.7. The number of nitrogens with zero attached hydrogens (tertiary/aromatic N) is 2. The summed E-state index contributed by atoms with van der Waals surface area (Å²) in [6.07, 6.45) is -5.13. The second-order valence-electron chi connectivity index (χ2n) is 7.65. The Kier molecular flexibility index (Phi) is 6.02. The van der Waals surface area contributed by atoms with Gasteiger partial charge in [-0.25, -0.2) is 13.4 Å². The summed E-state index contributed by atoms with van der Waals surface area (Å²) in [7, 11) is -1.81. The van der Waals surface area contributed by atoms with Gasteiger partial charge in [0.2, 0.25) is 0 Å². The van der Waals surface area contributed by atoms with Gasteiger partial charge in [-0.05, 0) is 30.3 Å². The molecule has 34 heavy (non-hydrogen) atoms. The van der Waals surface area contributed by atoms with E-state index >= 15 is 0 Å². The van der Waals surface area contributed by atoms with Crippen molar-refractivity contribution in [3.8, 4) is 11.5 Å². The Hall–Kier alpha value is -3.54. The Balaban J connectivity index is 1.67. The predicted octanol–water partition coefficient (Wildman–Crippen LogP) is 3.37. The van der Waals surface area contributed by atoms with Crippen LogP contribution in [0.15, 0.2) is 53.4 Å². The summed E-state index contributed by atoms with van der Waals surface area (Å²) in [6.45, 7) is -0.324. The Morgan fingerprint density at radius 1 is 1.18 bits per heavy atom. The molecule has 1 amide bonds. The predicted molar refractivity (Wildman–Crippen MR) is 117 cm³/mol. The molecule has 180 valence electrons. The quantitative estimate of drug-likeness (QED) is 0.583. The highest BCUT2D eigenvalue weighted by Crippen LogP contribution is 2.40. The van der Waals surface area contributed by atoms with Crippen LogP contribution in [0.2, 0.25) is 0 Å². The minimum atomic E-state index is -5.04. The van der Waals surface area contributed by atoms with Gasteiger partial charge in [-0.1, -0.05) is 18.2 Å². The highest BCUT2D eigenvalue weighted by atomic mass is 32.2. The third-order valence-corrected chi connectivity index (χ3v) is 6.88. The Labute approximate surface area is 193 Å². The van der Waals surface area contributed by atoms with Gasteiger partial charge in [0, 0.05) is 24.4 Å². The van der Waals surface area contributed by atoms with Gasteiger partial charge in [0.15, 0.2) is 0 Å². The van der Waals surface area contributed by atoms with Gasteiger partial charge >= 0.3 is 12.1 Å². The lowest BCUT2D eigenvalue weighted by Gasteiger charge is -2.34. The fourth-order valence-electron chi connectivity index (χ4n) is 3.75. The van der Waals surface area contributed by atoms with Gasteiger partial charge in [-0.3, -0.25) is 9.52 Å². The van der Waals surface area contributed by atoms with Crippen LogP contribution in [-0.4, -0.2) is 57.2 Å². The lowest BCUT2D eigenvalue weighted by Crippen LogP contribution is -2.49. The van der Waals surface area contributed by atoms with Crippen LogP contribution in [0.25, 0.3) is 10.9 Å². The molecule has 1 N–H and O–H groups in total. The SMILES string of the molecule is COc1ccc(S(=O)(=O)Nc2ccc3ccccc3n2)c2c1C[C@@H](N(C)C(=O)C(F)(F)F)CO2. The number of para-hydroxylation sites is 1. The second-order valence-corrected chi connectivity index (χ2v) is 9.30. The first-order valence-electron chi connectivity index (χ1n) is 10.1. The number of nitrogens with one attached hydrogen (secondary N) is 1. The lowest BCUT2D eigenvalue weighted by atomic mass is 10.0. The summed E-state index contributed by atoms with van der Waals surface area (Å²) in [5.74, 6) is -1.74. The van der Waals surface area contributed by atoms with Crippen LogP contribution in [0.3, 0.4) is 0 Å². The number of amides is 1. The van der Waals surface area contributed by atoms with E-state index in [0.29, 0.717) is 10.4 Å². The number of carbonyl (C=O) groups is 1. The summed E-state index contributed by atoms with van der Waals surface area (Å²) < 4.78 is 78.3. The molecule has 2 aromatic carbocycles. The molecule has 0 aliphatic carbocycles. The number of methoxy groups -OCH3 is 1. The third kappa shape index (κ3) is 4.45. The molecule has 0 fully saturated rings. The summed E-state index contributed by atoms with van der Waals surface area (Å²) in [6, 6.07) is 12.1. The van der Waals surface area contributed by atoms with Crippen LogP contribution in [0.4, 0.5) is 19.0 Å². The van der Waals surface area contributed by atoms with Crippen molar-refractivity contribution in [3.05, 3.63) is 54.1 Å². The van der Waals surface area contributed by atoms with E-state index in [1.54, 1.807) is 18.2 Å². The van der Waals surface area contributed by atoms with Crippen LogP contribution in [0.1, 0.15) is 5.56 Å². The zero-order valence-corrected chi connectivity index (χ0v) is 18.9. The van der Waals surface area contributed by atoms with Crippen molar-refractivity contribution in [1.82, 2.24) is 9.88 Å². The smallest absolute Gasteiger partial charge is 0.471 e. The number of likely N-dealkylation sites (N-methyl/N-ethyl adjacent to an activating group) is 1. The Morgan fingerprint density at radius 3 is 2.62 bits per heavy atom. The molecule has 0 unspecified atom stereocenters. The number of benzene rings is 2. The van der Waals surface area contributed by atoms with Crippen LogP contribution < -0.4 is 14.2 Å². The minimum Gasteiger partial charge on any atom is -0.496 e. The van der Waals surface area contributed by atoms with E-state index in [9.17, 15) is 26.4 Å². The summed E-state index contributed by atoms with van der Waals surface area (Å²) in [4.78, 5) is 16.3. The second kappa shape index (κ2) is 8.67. The van der Waals surface area contributed by atoms with E-state index in [2.05, 4.69) is 9.71 Å². The molecule has 0 radical (unpaired) electrons. The fraction of sp³-hybridized carbons (Fsp3) is 0.273. The number of ether oxygens (including phenoxy) is 2. The molecular formula is C22H20F3N3O5S. The summed E-state index contributed by atoms with van der Waals surface area (Å²) in [5.41, 5.74) is 0.839. The molecule has 1 atom stereocenters. The van der Waals surface area contributed by atoms with E-state index < -0.39 is 28.1 Å². The molecular weight excluding hydrogens is 475 g/mol. The molecule has 1 aliphatic heterocycles. The van der Waals surface area contributed by atoms with Crippen LogP contribution in [0.5, 0.6) is 11.5 Å². The van der Waals surface area contributed by atoms with Crippen LogP contribution in [-0.2, 0) is 21.2 Å². The van der Waals surface area contributed by atoms with Crippen molar-refractivity contribution < 1.29 is 35.9 Å². The number of hydrogen-bond acceptors (Lipinski definition) is 6. The van der Waals surface area contributed by atoms with Crippen molar-refractivity contribution in [2.45, 2.75) is 23.5 Å². The topological polar surface area (TPSA) is 97.8 Å². The number of fused-ring (bicyclic) bond motifs is 2. The summed E-state index contributed by atoms with van der Waals surface area (Å²) >= 11 is 0. The van der Waals surface area contributed by atoms with E-state index in [1.165, 1.54) is 25.3 Å². The van der Waals surface area contributed by atoms with Crippen LogP contribution >= 0.6 is 0 Å². The molecule has 0 spiro atoms. The number of carbonyl (C=O) groups excluding carboxylic acids is 1. The number of anilines is 1. The molecule has 12 heteroatoms. The largest absolute Gasteiger partial charge is 0.496 e. The monoisotopic (exact) mass is 495 g/mol. The van der Waals surface area contributed by atoms with Crippen molar-refractivity contribution in [1.29, 1.82) is 0 Å². The zero-order valence-electron chi connectivity index (χ0n) is 18.1. The fourth-order valence-corrected chi connectivity index (χ4v) is 4.92. The number of hydrogen-bond donors (Lipinski definition) is 1. The lowest BCUT2D eigenvalue weighted by molar-refractivity contribution is -0.186. The van der Waals surface area contributed by atoms with E-state index in [-0.39, 0.29) is 40.8 Å². The number of aromatic nitrogens is 1. The van der Waals surface area contributed by atoms with Crippen molar-refractivity contribution in [2.75, 3.05) is 25.5 Å². The van der Waals surface area contributed by atoms with E-state index in [4.69, 9.17) is 9.47 Å². The first kappa shape index (κ1) is 23.6.